The van der Waals surface area contributed by atoms with E-state index in [-0.39, 0.29) is 5.97 Å². The minimum Gasteiger partial charge on any atom is -0.462 e. The first kappa shape index (κ1) is 13.6. The number of nitrogens with zero attached hydrogens (tertiary/aromatic N) is 1. The molecule has 0 fully saturated rings. The van der Waals surface area contributed by atoms with Crippen molar-refractivity contribution < 1.29 is 18.8 Å². The zero-order chi connectivity index (χ0) is 13.8. The highest BCUT2D eigenvalue weighted by Crippen LogP contribution is 2.31. The van der Waals surface area contributed by atoms with Crippen molar-refractivity contribution >= 4 is 21.9 Å². The van der Waals surface area contributed by atoms with Crippen LogP contribution in [0.25, 0.3) is 0 Å². The molecule has 0 spiro atoms. The fraction of sp³-hybridized carbons (Fsp3) is 0.231. The molecule has 6 heteroatoms. The van der Waals surface area contributed by atoms with Crippen LogP contribution in [0, 0.1) is 6.92 Å². The van der Waals surface area contributed by atoms with Crippen LogP contribution in [0.2, 0.25) is 0 Å². The van der Waals surface area contributed by atoms with Gasteiger partial charge in [0.1, 0.15) is 10.2 Å². The molecule has 0 N–H and O–H groups in total. The van der Waals surface area contributed by atoms with Crippen molar-refractivity contribution in [2.75, 3.05) is 6.61 Å². The second kappa shape index (κ2) is 5.88. The summed E-state index contributed by atoms with van der Waals surface area (Å²) in [6.45, 7) is 3.88. The zero-order valence-corrected chi connectivity index (χ0v) is 12.1. The molecule has 0 atom stereocenters. The second-order valence-electron chi connectivity index (χ2n) is 3.70. The van der Waals surface area contributed by atoms with Crippen LogP contribution >= 0.6 is 15.9 Å². The molecule has 19 heavy (non-hydrogen) atoms. The summed E-state index contributed by atoms with van der Waals surface area (Å²) < 4.78 is 16.0. The maximum absolute atomic E-state index is 11.5. The number of aryl methyl sites for hydroxylation is 1. The monoisotopic (exact) mass is 325 g/mol. The molecule has 0 bridgehead atoms. The molecule has 2 rings (SSSR count). The van der Waals surface area contributed by atoms with Gasteiger partial charge in [0.2, 0.25) is 0 Å². The number of hydrogen-bond donors (Lipinski definition) is 0. The van der Waals surface area contributed by atoms with Crippen LogP contribution in [-0.2, 0) is 4.74 Å². The number of benzene rings is 1. The Kier molecular flexibility index (Phi) is 4.21. The minimum absolute atomic E-state index is 0.349. The molecule has 2 aromatic rings. The van der Waals surface area contributed by atoms with Crippen molar-refractivity contribution in [3.05, 3.63) is 40.1 Å². The summed E-state index contributed by atoms with van der Waals surface area (Å²) in [7, 11) is 0. The summed E-state index contributed by atoms with van der Waals surface area (Å²) in [4.78, 5) is 11.5. The lowest BCUT2D eigenvalue weighted by Crippen LogP contribution is -2.04. The molecular weight excluding hydrogens is 314 g/mol. The van der Waals surface area contributed by atoms with Gasteiger partial charge >= 0.3 is 5.97 Å². The molecule has 0 aliphatic carbocycles. The van der Waals surface area contributed by atoms with E-state index >= 15 is 0 Å². The van der Waals surface area contributed by atoms with E-state index in [1.165, 1.54) is 0 Å². The van der Waals surface area contributed by atoms with Crippen LogP contribution in [0.5, 0.6) is 11.6 Å². The molecule has 1 aromatic carbocycles. The van der Waals surface area contributed by atoms with Crippen molar-refractivity contribution in [3.8, 4) is 11.6 Å². The van der Waals surface area contributed by atoms with E-state index < -0.39 is 0 Å². The number of halogens is 1. The molecular formula is C13H12BrNO4. The third kappa shape index (κ3) is 3.14. The maximum Gasteiger partial charge on any atom is 0.338 e. The topological polar surface area (TPSA) is 61.6 Å². The quantitative estimate of drug-likeness (QED) is 0.802. The lowest BCUT2D eigenvalue weighted by Gasteiger charge is -2.04. The van der Waals surface area contributed by atoms with Crippen LogP contribution in [0.15, 0.2) is 33.3 Å². The number of carbonyl (C=O) groups excluding carboxylic acids is 1. The number of ether oxygens (including phenoxy) is 2. The van der Waals surface area contributed by atoms with Crippen molar-refractivity contribution in [1.82, 2.24) is 5.16 Å². The Morgan fingerprint density at radius 3 is 2.58 bits per heavy atom. The Hall–Kier alpha value is -1.82. The van der Waals surface area contributed by atoms with Gasteiger partial charge in [-0.3, -0.25) is 0 Å². The van der Waals surface area contributed by atoms with Crippen LogP contribution in [-0.4, -0.2) is 17.7 Å². The number of hydrogen-bond acceptors (Lipinski definition) is 5. The summed E-state index contributed by atoms with van der Waals surface area (Å²) in [5.74, 6) is 1.19. The van der Waals surface area contributed by atoms with Crippen molar-refractivity contribution in [2.45, 2.75) is 13.8 Å². The molecule has 5 nitrogen and oxygen atoms in total. The highest BCUT2D eigenvalue weighted by molar-refractivity contribution is 9.10. The van der Waals surface area contributed by atoms with Gasteiger partial charge in [0.15, 0.2) is 5.76 Å². The van der Waals surface area contributed by atoms with Crippen molar-refractivity contribution in [2.24, 2.45) is 0 Å². The largest absolute Gasteiger partial charge is 0.462 e. The van der Waals surface area contributed by atoms with Gasteiger partial charge in [-0.05, 0) is 59.2 Å². The molecule has 100 valence electrons. The van der Waals surface area contributed by atoms with E-state index in [0.717, 1.165) is 0 Å². The average Bonchev–Trinajstić information content (AvgIpc) is 2.72. The lowest BCUT2D eigenvalue weighted by molar-refractivity contribution is 0.0526. The second-order valence-corrected chi connectivity index (χ2v) is 4.50. The van der Waals surface area contributed by atoms with Crippen molar-refractivity contribution in [1.29, 1.82) is 0 Å². The van der Waals surface area contributed by atoms with Crippen LogP contribution < -0.4 is 4.74 Å². The predicted molar refractivity (Wildman–Crippen MR) is 71.4 cm³/mol. The molecule has 1 heterocycles. The standard InChI is InChI=1S/C13H12BrNO4/c1-3-17-13(16)9-4-6-10(7-5-9)18-12-11(14)8(2)19-15-12/h4-7H,3H2,1-2H3. The molecule has 0 aliphatic rings. The van der Waals surface area contributed by atoms with Gasteiger partial charge in [0.25, 0.3) is 5.88 Å². The Bertz CT molecular complexity index is 577. The molecule has 0 unspecified atom stereocenters. The highest BCUT2D eigenvalue weighted by Gasteiger charge is 2.12. The van der Waals surface area contributed by atoms with Gasteiger partial charge in [-0.1, -0.05) is 0 Å². The number of carbonyl (C=O) groups is 1. The third-order valence-corrected chi connectivity index (χ3v) is 3.24. The third-order valence-electron chi connectivity index (χ3n) is 2.34. The normalized spacial score (nSPS) is 10.3. The molecule has 0 aliphatic heterocycles. The van der Waals surface area contributed by atoms with Crippen LogP contribution in [0.3, 0.4) is 0 Å². The van der Waals surface area contributed by atoms with Gasteiger partial charge in [0, 0.05) is 0 Å². The lowest BCUT2D eigenvalue weighted by atomic mass is 10.2. The fourth-order valence-corrected chi connectivity index (χ4v) is 1.61. The number of rotatable bonds is 4. The Morgan fingerprint density at radius 1 is 1.37 bits per heavy atom. The highest BCUT2D eigenvalue weighted by atomic mass is 79.9. The SMILES string of the molecule is CCOC(=O)c1ccc(Oc2noc(C)c2Br)cc1. The zero-order valence-electron chi connectivity index (χ0n) is 10.5. The number of aromatic nitrogens is 1. The van der Waals surface area contributed by atoms with E-state index in [4.69, 9.17) is 14.0 Å². The van der Waals surface area contributed by atoms with Gasteiger partial charge in [-0.15, -0.1) is 0 Å². The Labute approximate surface area is 118 Å². The average molecular weight is 326 g/mol. The first-order valence-corrected chi connectivity index (χ1v) is 6.48. The summed E-state index contributed by atoms with van der Waals surface area (Å²) >= 11 is 3.31. The summed E-state index contributed by atoms with van der Waals surface area (Å²) in [5.41, 5.74) is 0.476. The molecule has 0 saturated heterocycles. The van der Waals surface area contributed by atoms with Crippen molar-refractivity contribution in [3.63, 3.8) is 0 Å². The fourth-order valence-electron chi connectivity index (χ4n) is 1.39. The van der Waals surface area contributed by atoms with Gasteiger partial charge < -0.3 is 14.0 Å². The molecule has 0 amide bonds. The van der Waals surface area contributed by atoms with E-state index in [2.05, 4.69) is 21.1 Å². The number of esters is 1. The summed E-state index contributed by atoms with van der Waals surface area (Å²) in [5, 5.41) is 3.76. The van der Waals surface area contributed by atoms with E-state index in [0.29, 0.717) is 34.0 Å². The van der Waals surface area contributed by atoms with Crippen LogP contribution in [0.1, 0.15) is 23.0 Å². The molecule has 0 radical (unpaired) electrons. The smallest absolute Gasteiger partial charge is 0.338 e. The molecule has 0 saturated carbocycles. The minimum atomic E-state index is -0.354. The van der Waals surface area contributed by atoms with Gasteiger partial charge in [-0.2, -0.15) is 0 Å². The summed E-state index contributed by atoms with van der Waals surface area (Å²) in [6.07, 6.45) is 0. The van der Waals surface area contributed by atoms with Gasteiger partial charge in [-0.25, -0.2) is 4.79 Å². The predicted octanol–water partition coefficient (Wildman–Crippen LogP) is 3.71. The van der Waals surface area contributed by atoms with Gasteiger partial charge in [0.05, 0.1) is 12.2 Å². The molecule has 1 aromatic heterocycles. The Morgan fingerprint density at radius 2 is 2.05 bits per heavy atom. The van der Waals surface area contributed by atoms with E-state index in [9.17, 15) is 4.79 Å². The van der Waals surface area contributed by atoms with Crippen LogP contribution in [0.4, 0.5) is 0 Å². The van der Waals surface area contributed by atoms with E-state index in [1.807, 2.05) is 0 Å². The van der Waals surface area contributed by atoms with E-state index in [1.54, 1.807) is 38.1 Å². The first-order valence-electron chi connectivity index (χ1n) is 5.68. The first-order chi connectivity index (χ1) is 9.11. The maximum atomic E-state index is 11.5. The Balaban J connectivity index is 2.11. The summed E-state index contributed by atoms with van der Waals surface area (Å²) in [6, 6.07) is 6.60.